The van der Waals surface area contributed by atoms with Crippen molar-refractivity contribution in [2.75, 3.05) is 18.9 Å². The Morgan fingerprint density at radius 2 is 2.50 bits per heavy atom. The van der Waals surface area contributed by atoms with Crippen molar-refractivity contribution in [3.8, 4) is 0 Å². The molecule has 1 aliphatic rings. The normalized spacial score (nSPS) is 20.7. The molecule has 2 rings (SSSR count). The van der Waals surface area contributed by atoms with Gasteiger partial charge in [-0.15, -0.1) is 0 Å². The van der Waals surface area contributed by atoms with Gasteiger partial charge < -0.3 is 15.8 Å². The van der Waals surface area contributed by atoms with Gasteiger partial charge in [0.1, 0.15) is 11.6 Å². The fraction of sp³-hybridized carbons (Fsp3) is 0.500. The molecule has 2 unspecified atom stereocenters. The Bertz CT molecular complexity index is 447. The quantitative estimate of drug-likeness (QED) is 0.841. The highest BCUT2D eigenvalue weighted by Crippen LogP contribution is 2.17. The number of hydrogen-bond donors (Lipinski definition) is 2. The van der Waals surface area contributed by atoms with E-state index in [1.165, 1.54) is 0 Å². The van der Waals surface area contributed by atoms with E-state index in [4.69, 9.17) is 10.5 Å². The molecule has 1 aromatic heterocycles. The Morgan fingerprint density at radius 1 is 1.72 bits per heavy atom. The predicted molar refractivity (Wildman–Crippen MR) is 64.5 cm³/mol. The van der Waals surface area contributed by atoms with Crippen molar-refractivity contribution >= 4 is 11.7 Å². The predicted octanol–water partition coefficient (Wildman–Crippen LogP) is 0.958. The van der Waals surface area contributed by atoms with E-state index in [1.54, 1.807) is 0 Å². The molecule has 6 heteroatoms. The zero-order chi connectivity index (χ0) is 13.1. The van der Waals surface area contributed by atoms with E-state index in [1.807, 2.05) is 6.92 Å². The second kappa shape index (κ2) is 5.30. The minimum Gasteiger partial charge on any atom is -0.383 e. The lowest BCUT2D eigenvalue weighted by atomic mass is 10.0. The minimum atomic E-state index is -0.578. The standard InChI is InChI=1S/C12H16FN3O2/c1-7(8-2-3-18-6-8)16-12(17)10-4-9(13)5-15-11(10)14/h4-5,7-8H,2-3,6H2,1H3,(H2,14,15)(H,16,17). The van der Waals surface area contributed by atoms with Crippen molar-refractivity contribution in [2.45, 2.75) is 19.4 Å². The van der Waals surface area contributed by atoms with Gasteiger partial charge in [-0.25, -0.2) is 9.37 Å². The van der Waals surface area contributed by atoms with Gasteiger partial charge in [0.05, 0.1) is 18.4 Å². The zero-order valence-corrected chi connectivity index (χ0v) is 10.1. The molecule has 5 nitrogen and oxygen atoms in total. The molecule has 1 saturated heterocycles. The first kappa shape index (κ1) is 12.8. The van der Waals surface area contributed by atoms with E-state index in [0.29, 0.717) is 13.2 Å². The SMILES string of the molecule is CC(NC(=O)c1cc(F)cnc1N)C1CCOC1. The maximum atomic E-state index is 13.0. The van der Waals surface area contributed by atoms with Crippen molar-refractivity contribution in [3.63, 3.8) is 0 Å². The number of nitrogens with zero attached hydrogens (tertiary/aromatic N) is 1. The number of rotatable bonds is 3. The molecule has 0 bridgehead atoms. The van der Waals surface area contributed by atoms with Crippen LogP contribution in [0.5, 0.6) is 0 Å². The van der Waals surface area contributed by atoms with Crippen LogP contribution in [-0.2, 0) is 4.74 Å². The number of hydrogen-bond acceptors (Lipinski definition) is 4. The first-order chi connectivity index (χ1) is 8.58. The molecule has 0 saturated carbocycles. The largest absolute Gasteiger partial charge is 0.383 e. The molecule has 2 atom stereocenters. The van der Waals surface area contributed by atoms with E-state index < -0.39 is 11.7 Å². The lowest BCUT2D eigenvalue weighted by molar-refractivity contribution is 0.0922. The second-order valence-electron chi connectivity index (χ2n) is 4.47. The number of nitrogen functional groups attached to an aromatic ring is 1. The molecular formula is C12H16FN3O2. The molecule has 3 N–H and O–H groups in total. The van der Waals surface area contributed by atoms with Gasteiger partial charge in [-0.1, -0.05) is 0 Å². The van der Waals surface area contributed by atoms with Crippen LogP contribution in [0.1, 0.15) is 23.7 Å². The van der Waals surface area contributed by atoms with Crippen LogP contribution < -0.4 is 11.1 Å². The number of ether oxygens (including phenoxy) is 1. The van der Waals surface area contributed by atoms with Crippen molar-refractivity contribution < 1.29 is 13.9 Å². The summed E-state index contributed by atoms with van der Waals surface area (Å²) in [7, 11) is 0. The molecule has 98 valence electrons. The maximum Gasteiger partial charge on any atom is 0.255 e. The lowest BCUT2D eigenvalue weighted by Crippen LogP contribution is -2.38. The van der Waals surface area contributed by atoms with E-state index in [-0.39, 0.29) is 23.3 Å². The average Bonchev–Trinajstić information content (AvgIpc) is 2.85. The Kier molecular flexibility index (Phi) is 3.76. The third-order valence-corrected chi connectivity index (χ3v) is 3.16. The zero-order valence-electron chi connectivity index (χ0n) is 10.1. The van der Waals surface area contributed by atoms with Gasteiger partial charge >= 0.3 is 0 Å². The van der Waals surface area contributed by atoms with Gasteiger partial charge in [0.15, 0.2) is 0 Å². The van der Waals surface area contributed by atoms with Crippen LogP contribution in [0, 0.1) is 11.7 Å². The number of carbonyl (C=O) groups excluding carboxylic acids is 1. The number of anilines is 1. The van der Waals surface area contributed by atoms with Gasteiger partial charge in [-0.2, -0.15) is 0 Å². The summed E-state index contributed by atoms with van der Waals surface area (Å²) in [5.74, 6) is -0.662. The van der Waals surface area contributed by atoms with E-state index in [9.17, 15) is 9.18 Å². The van der Waals surface area contributed by atoms with Gasteiger partial charge in [0.2, 0.25) is 0 Å². The second-order valence-corrected chi connectivity index (χ2v) is 4.47. The lowest BCUT2D eigenvalue weighted by Gasteiger charge is -2.19. The first-order valence-corrected chi connectivity index (χ1v) is 5.87. The van der Waals surface area contributed by atoms with Crippen molar-refractivity contribution in [1.82, 2.24) is 10.3 Å². The highest BCUT2D eigenvalue weighted by Gasteiger charge is 2.24. The Morgan fingerprint density at radius 3 is 3.17 bits per heavy atom. The van der Waals surface area contributed by atoms with Crippen molar-refractivity contribution in [3.05, 3.63) is 23.6 Å². The van der Waals surface area contributed by atoms with Crippen LogP contribution in [-0.4, -0.2) is 30.1 Å². The van der Waals surface area contributed by atoms with Gasteiger partial charge in [-0.05, 0) is 19.4 Å². The van der Waals surface area contributed by atoms with Gasteiger partial charge in [-0.3, -0.25) is 4.79 Å². The number of nitrogens with two attached hydrogens (primary N) is 1. The highest BCUT2D eigenvalue weighted by atomic mass is 19.1. The molecule has 18 heavy (non-hydrogen) atoms. The molecule has 1 amide bonds. The molecule has 2 heterocycles. The van der Waals surface area contributed by atoms with Gasteiger partial charge in [0.25, 0.3) is 5.91 Å². The number of halogens is 1. The summed E-state index contributed by atoms with van der Waals surface area (Å²) in [6.45, 7) is 3.26. The number of amides is 1. The highest BCUT2D eigenvalue weighted by molar-refractivity contribution is 5.98. The summed E-state index contributed by atoms with van der Waals surface area (Å²) >= 11 is 0. The van der Waals surface area contributed by atoms with Crippen LogP contribution in [0.4, 0.5) is 10.2 Å². The first-order valence-electron chi connectivity index (χ1n) is 5.87. The average molecular weight is 253 g/mol. The minimum absolute atomic E-state index is 0.0313. The molecule has 0 spiro atoms. The monoisotopic (exact) mass is 253 g/mol. The third kappa shape index (κ3) is 2.76. The fourth-order valence-corrected chi connectivity index (χ4v) is 1.98. The van der Waals surface area contributed by atoms with Crippen molar-refractivity contribution in [2.24, 2.45) is 5.92 Å². The van der Waals surface area contributed by atoms with E-state index in [0.717, 1.165) is 18.7 Å². The van der Waals surface area contributed by atoms with E-state index in [2.05, 4.69) is 10.3 Å². The summed E-state index contributed by atoms with van der Waals surface area (Å²) in [5, 5.41) is 2.80. The number of pyridine rings is 1. The topological polar surface area (TPSA) is 77.2 Å². The number of carbonyl (C=O) groups is 1. The molecule has 0 radical (unpaired) electrons. The molecule has 0 aromatic carbocycles. The summed E-state index contributed by atoms with van der Waals surface area (Å²) in [5.41, 5.74) is 5.63. The van der Waals surface area contributed by atoms with Crippen LogP contribution in [0.25, 0.3) is 0 Å². The number of aromatic nitrogens is 1. The molecule has 0 aliphatic carbocycles. The van der Waals surface area contributed by atoms with Crippen LogP contribution >= 0.6 is 0 Å². The summed E-state index contributed by atoms with van der Waals surface area (Å²) < 4.78 is 18.3. The Balaban J connectivity index is 2.04. The van der Waals surface area contributed by atoms with E-state index >= 15 is 0 Å². The summed E-state index contributed by atoms with van der Waals surface area (Å²) in [4.78, 5) is 15.6. The molecule has 1 aliphatic heterocycles. The maximum absolute atomic E-state index is 13.0. The Labute approximate surface area is 105 Å². The number of nitrogens with one attached hydrogen (secondary N) is 1. The molecular weight excluding hydrogens is 237 g/mol. The van der Waals surface area contributed by atoms with Crippen LogP contribution in [0.2, 0.25) is 0 Å². The Hall–Kier alpha value is -1.69. The van der Waals surface area contributed by atoms with Crippen LogP contribution in [0.3, 0.4) is 0 Å². The molecule has 1 aromatic rings. The third-order valence-electron chi connectivity index (χ3n) is 3.16. The van der Waals surface area contributed by atoms with Crippen LogP contribution in [0.15, 0.2) is 12.3 Å². The smallest absolute Gasteiger partial charge is 0.255 e. The summed E-state index contributed by atoms with van der Waals surface area (Å²) in [6, 6.07) is 1.05. The van der Waals surface area contributed by atoms with Gasteiger partial charge in [0, 0.05) is 18.6 Å². The summed E-state index contributed by atoms with van der Waals surface area (Å²) in [6.07, 6.45) is 1.90. The fourth-order valence-electron chi connectivity index (χ4n) is 1.98. The molecule has 1 fully saturated rings. The van der Waals surface area contributed by atoms with Crippen molar-refractivity contribution in [1.29, 1.82) is 0 Å².